The monoisotopic (exact) mass is 353 g/mol. The van der Waals surface area contributed by atoms with Crippen molar-refractivity contribution in [2.24, 2.45) is 0 Å². The molecule has 2 heterocycles. The summed E-state index contributed by atoms with van der Waals surface area (Å²) in [6, 6.07) is 0. The van der Waals surface area contributed by atoms with Crippen molar-refractivity contribution in [3.63, 3.8) is 0 Å². The van der Waals surface area contributed by atoms with Gasteiger partial charge < -0.3 is 4.90 Å². The zero-order valence-electron chi connectivity index (χ0n) is 17.5. The number of hydrogen-bond donors (Lipinski definition) is 2. The topological polar surface area (TPSA) is 61.4 Å². The molecule has 0 aromatic carbocycles. The molecule has 0 saturated carbocycles. The lowest BCUT2D eigenvalue weighted by atomic mass is 9.88. The Morgan fingerprint density at radius 1 is 0.920 bits per heavy atom. The van der Waals surface area contributed by atoms with Gasteiger partial charge in [-0.1, -0.05) is 0 Å². The molecule has 0 spiro atoms. The Labute approximate surface area is 152 Å². The lowest BCUT2D eigenvalue weighted by Crippen LogP contribution is -2.77. The third-order valence-corrected chi connectivity index (χ3v) is 5.34. The van der Waals surface area contributed by atoms with Gasteiger partial charge in [0.2, 0.25) is 5.91 Å². The quantitative estimate of drug-likeness (QED) is 0.746. The van der Waals surface area contributed by atoms with Gasteiger partial charge in [0.25, 0.3) is 0 Å². The van der Waals surface area contributed by atoms with Gasteiger partial charge in [-0.25, -0.2) is 4.79 Å². The number of rotatable bonds is 3. The van der Waals surface area contributed by atoms with Crippen LogP contribution in [0.5, 0.6) is 0 Å². The number of nitrogens with zero attached hydrogens (tertiary/aromatic N) is 2. The maximum absolute atomic E-state index is 13.1. The average Bonchev–Trinajstić information content (AvgIpc) is 2.36. The van der Waals surface area contributed by atoms with E-state index in [4.69, 9.17) is 0 Å². The van der Waals surface area contributed by atoms with E-state index in [2.05, 4.69) is 38.3 Å². The van der Waals surface area contributed by atoms with Gasteiger partial charge in [0.1, 0.15) is 18.6 Å². The number of hydrogen-bond acceptors (Lipinski definition) is 4. The fourth-order valence-corrected chi connectivity index (χ4v) is 5.14. The summed E-state index contributed by atoms with van der Waals surface area (Å²) < 4.78 is 0.352. The number of nitrogens with one attached hydrogen (secondary N) is 2. The van der Waals surface area contributed by atoms with E-state index in [1.165, 1.54) is 0 Å². The standard InChI is InChI=1S/C19H37N4O2/c1-16(2)12-22(14(24)18(5,6)20-16)10-11-23(9)13-17(3,4)21-19(7,8)15(23)25/h20-21H,10-13H2,1-9H3/q+1. The summed E-state index contributed by atoms with van der Waals surface area (Å²) in [7, 11) is 2.01. The first-order chi connectivity index (χ1) is 11.0. The highest BCUT2D eigenvalue weighted by atomic mass is 16.2. The van der Waals surface area contributed by atoms with Gasteiger partial charge in [-0.2, -0.15) is 0 Å². The Morgan fingerprint density at radius 2 is 1.44 bits per heavy atom. The number of piperazine rings is 2. The van der Waals surface area contributed by atoms with E-state index in [1.807, 2.05) is 39.6 Å². The molecule has 25 heavy (non-hydrogen) atoms. The molecule has 2 fully saturated rings. The number of quaternary nitrogens is 1. The molecule has 2 aliphatic heterocycles. The van der Waals surface area contributed by atoms with Crippen LogP contribution in [0, 0.1) is 0 Å². The Morgan fingerprint density at radius 3 is 2.00 bits per heavy atom. The summed E-state index contributed by atoms with van der Waals surface area (Å²) in [6.07, 6.45) is 0. The number of likely N-dealkylation sites (N-methyl/N-ethyl adjacent to an activating group) is 1. The second kappa shape index (κ2) is 5.76. The highest BCUT2D eigenvalue weighted by molar-refractivity contribution is 5.86. The SMILES string of the molecule is CC1(C)CN(CC[N+]2(C)CC(C)(C)NC(C)(C)C2=O)C(=O)C(C)(C)N1. The maximum atomic E-state index is 13.1. The van der Waals surface area contributed by atoms with Crippen LogP contribution in [0.1, 0.15) is 55.4 Å². The summed E-state index contributed by atoms with van der Waals surface area (Å²) in [6.45, 7) is 18.9. The number of carbonyl (C=O) groups is 2. The predicted molar refractivity (Wildman–Crippen MR) is 100 cm³/mol. The molecule has 2 saturated heterocycles. The molecule has 1 atom stereocenters. The fraction of sp³-hybridized carbons (Fsp3) is 0.895. The average molecular weight is 354 g/mol. The van der Waals surface area contributed by atoms with Crippen LogP contribution in [0.25, 0.3) is 0 Å². The van der Waals surface area contributed by atoms with Crippen molar-refractivity contribution >= 4 is 11.8 Å². The number of amides is 2. The molecule has 0 bridgehead atoms. The molecular formula is C19H37N4O2+. The van der Waals surface area contributed by atoms with Crippen LogP contribution < -0.4 is 10.6 Å². The van der Waals surface area contributed by atoms with Crippen molar-refractivity contribution < 1.29 is 14.1 Å². The summed E-state index contributed by atoms with van der Waals surface area (Å²) in [5, 5.41) is 6.87. The van der Waals surface area contributed by atoms with Crippen molar-refractivity contribution in [1.29, 1.82) is 0 Å². The Kier molecular flexibility index (Phi) is 4.68. The molecular weight excluding hydrogens is 316 g/mol. The van der Waals surface area contributed by atoms with Crippen LogP contribution in [0.2, 0.25) is 0 Å². The fourth-order valence-electron chi connectivity index (χ4n) is 5.14. The van der Waals surface area contributed by atoms with Crippen LogP contribution in [-0.2, 0) is 9.59 Å². The summed E-state index contributed by atoms with van der Waals surface area (Å²) in [5.74, 6) is 0.299. The second-order valence-corrected chi connectivity index (χ2v) is 10.6. The zero-order valence-corrected chi connectivity index (χ0v) is 17.5. The molecule has 6 nitrogen and oxygen atoms in total. The highest BCUT2D eigenvalue weighted by Crippen LogP contribution is 2.28. The lowest BCUT2D eigenvalue weighted by Gasteiger charge is -2.51. The minimum Gasteiger partial charge on any atom is -0.334 e. The third-order valence-electron chi connectivity index (χ3n) is 5.34. The van der Waals surface area contributed by atoms with Crippen molar-refractivity contribution in [2.75, 3.05) is 33.2 Å². The zero-order chi connectivity index (χ0) is 19.5. The largest absolute Gasteiger partial charge is 0.334 e. The van der Waals surface area contributed by atoms with E-state index in [0.717, 1.165) is 6.54 Å². The van der Waals surface area contributed by atoms with Gasteiger partial charge >= 0.3 is 5.91 Å². The molecule has 6 heteroatoms. The molecule has 2 rings (SSSR count). The van der Waals surface area contributed by atoms with Gasteiger partial charge in [0.05, 0.1) is 24.7 Å². The van der Waals surface area contributed by atoms with Crippen LogP contribution in [0.15, 0.2) is 0 Å². The first-order valence-corrected chi connectivity index (χ1v) is 9.27. The van der Waals surface area contributed by atoms with E-state index >= 15 is 0 Å². The molecule has 0 aromatic heterocycles. The van der Waals surface area contributed by atoms with Gasteiger partial charge in [0, 0.05) is 12.1 Å². The smallest absolute Gasteiger partial charge is 0.333 e. The highest BCUT2D eigenvalue weighted by Gasteiger charge is 2.53. The van der Waals surface area contributed by atoms with Crippen molar-refractivity contribution in [2.45, 2.75) is 77.5 Å². The maximum Gasteiger partial charge on any atom is 0.333 e. The molecule has 0 radical (unpaired) electrons. The van der Waals surface area contributed by atoms with Crippen molar-refractivity contribution in [3.05, 3.63) is 0 Å². The van der Waals surface area contributed by atoms with Crippen LogP contribution in [0.4, 0.5) is 0 Å². The van der Waals surface area contributed by atoms with E-state index < -0.39 is 11.1 Å². The Hall–Kier alpha value is -0.980. The summed E-state index contributed by atoms with van der Waals surface area (Å²) in [4.78, 5) is 27.8. The van der Waals surface area contributed by atoms with Gasteiger partial charge in [-0.05, 0) is 55.4 Å². The van der Waals surface area contributed by atoms with Crippen LogP contribution >= 0.6 is 0 Å². The summed E-state index contributed by atoms with van der Waals surface area (Å²) in [5.41, 5.74) is -1.41. The molecule has 2 N–H and O–H groups in total. The molecule has 2 amide bonds. The van der Waals surface area contributed by atoms with Crippen LogP contribution in [0.3, 0.4) is 0 Å². The van der Waals surface area contributed by atoms with Crippen molar-refractivity contribution in [1.82, 2.24) is 15.5 Å². The second-order valence-electron chi connectivity index (χ2n) is 10.6. The van der Waals surface area contributed by atoms with E-state index in [0.29, 0.717) is 24.1 Å². The predicted octanol–water partition coefficient (Wildman–Crippen LogP) is 1.11. The number of carbonyl (C=O) groups excluding carboxylic acids is 2. The molecule has 2 aliphatic rings. The molecule has 0 aromatic rings. The minimum atomic E-state index is -0.577. The van der Waals surface area contributed by atoms with Gasteiger partial charge in [-0.3, -0.25) is 19.9 Å². The van der Waals surface area contributed by atoms with E-state index in [9.17, 15) is 9.59 Å². The van der Waals surface area contributed by atoms with Crippen LogP contribution in [-0.4, -0.2) is 76.6 Å². The van der Waals surface area contributed by atoms with E-state index in [1.54, 1.807) is 0 Å². The van der Waals surface area contributed by atoms with Crippen molar-refractivity contribution in [3.8, 4) is 0 Å². The van der Waals surface area contributed by atoms with Gasteiger partial charge in [-0.15, -0.1) is 0 Å². The molecule has 0 aliphatic carbocycles. The molecule has 1 unspecified atom stereocenters. The lowest BCUT2D eigenvalue weighted by molar-refractivity contribution is -0.844. The van der Waals surface area contributed by atoms with Gasteiger partial charge in [0.15, 0.2) is 0 Å². The third kappa shape index (κ3) is 4.07. The Bertz CT molecular complexity index is 580. The first-order valence-electron chi connectivity index (χ1n) is 9.27. The Balaban J connectivity index is 2.18. The first kappa shape index (κ1) is 20.3. The summed E-state index contributed by atoms with van der Waals surface area (Å²) >= 11 is 0. The normalized spacial score (nSPS) is 33.4. The van der Waals surface area contributed by atoms with E-state index in [-0.39, 0.29) is 22.9 Å². The minimum absolute atomic E-state index is 0.111. The molecule has 144 valence electrons.